The minimum atomic E-state index is 0.0179. The van der Waals surface area contributed by atoms with E-state index in [0.29, 0.717) is 36.2 Å². The van der Waals surface area contributed by atoms with Crippen LogP contribution in [-0.4, -0.2) is 34.0 Å². The molecule has 0 bridgehead atoms. The normalized spacial score (nSPS) is 17.3. The van der Waals surface area contributed by atoms with Gasteiger partial charge in [-0.25, -0.2) is 0 Å². The standard InChI is InChI=1S/C18H17N3O3/c22-18(15-7-9-23-12-15)21-8-6-13(11-21)10-16-19-17(24-20-16)14-4-2-1-3-5-14/h1-5,7,9,12-13H,6,8,10-11H2. The van der Waals surface area contributed by atoms with Crippen LogP contribution in [0.3, 0.4) is 0 Å². The Morgan fingerprint density at radius 2 is 2.12 bits per heavy atom. The molecule has 0 radical (unpaired) electrons. The van der Waals surface area contributed by atoms with Gasteiger partial charge in [0.15, 0.2) is 5.82 Å². The molecule has 0 N–H and O–H groups in total. The summed E-state index contributed by atoms with van der Waals surface area (Å²) in [5.41, 5.74) is 1.51. The summed E-state index contributed by atoms with van der Waals surface area (Å²) in [7, 11) is 0. The molecule has 1 amide bonds. The Hall–Kier alpha value is -2.89. The minimum Gasteiger partial charge on any atom is -0.472 e. The number of aromatic nitrogens is 2. The number of hydrogen-bond donors (Lipinski definition) is 0. The number of carbonyl (C=O) groups excluding carboxylic acids is 1. The lowest BCUT2D eigenvalue weighted by Gasteiger charge is -2.14. The highest BCUT2D eigenvalue weighted by Crippen LogP contribution is 2.23. The van der Waals surface area contributed by atoms with Gasteiger partial charge in [-0.05, 0) is 30.5 Å². The predicted octanol–water partition coefficient (Wildman–Crippen LogP) is 3.03. The van der Waals surface area contributed by atoms with Gasteiger partial charge in [-0.15, -0.1) is 0 Å². The number of rotatable bonds is 4. The third-order valence-corrected chi connectivity index (χ3v) is 4.30. The topological polar surface area (TPSA) is 72.4 Å². The van der Waals surface area contributed by atoms with Gasteiger partial charge >= 0.3 is 0 Å². The first-order valence-corrected chi connectivity index (χ1v) is 7.99. The Morgan fingerprint density at radius 3 is 2.92 bits per heavy atom. The van der Waals surface area contributed by atoms with Gasteiger partial charge in [-0.3, -0.25) is 4.79 Å². The Morgan fingerprint density at radius 1 is 1.25 bits per heavy atom. The summed E-state index contributed by atoms with van der Waals surface area (Å²) >= 11 is 0. The van der Waals surface area contributed by atoms with E-state index < -0.39 is 0 Å². The van der Waals surface area contributed by atoms with Gasteiger partial charge < -0.3 is 13.8 Å². The maximum atomic E-state index is 12.3. The Bertz CT molecular complexity index is 811. The fourth-order valence-electron chi connectivity index (χ4n) is 3.05. The van der Waals surface area contributed by atoms with Crippen molar-refractivity contribution in [1.82, 2.24) is 15.0 Å². The smallest absolute Gasteiger partial charge is 0.257 e. The molecule has 6 heteroatoms. The molecule has 1 aliphatic rings. The van der Waals surface area contributed by atoms with Crippen LogP contribution >= 0.6 is 0 Å². The van der Waals surface area contributed by atoms with Crippen LogP contribution in [0.1, 0.15) is 22.6 Å². The molecule has 24 heavy (non-hydrogen) atoms. The average molecular weight is 323 g/mol. The summed E-state index contributed by atoms with van der Waals surface area (Å²) < 4.78 is 10.3. The van der Waals surface area contributed by atoms with Crippen molar-refractivity contribution >= 4 is 5.91 Å². The van der Waals surface area contributed by atoms with E-state index in [1.165, 1.54) is 12.5 Å². The second-order valence-corrected chi connectivity index (χ2v) is 6.00. The van der Waals surface area contributed by atoms with Gasteiger partial charge in [-0.1, -0.05) is 23.4 Å². The summed E-state index contributed by atoms with van der Waals surface area (Å²) in [4.78, 5) is 18.6. The minimum absolute atomic E-state index is 0.0179. The molecule has 1 saturated heterocycles. The molecule has 1 aliphatic heterocycles. The number of amides is 1. The molecular formula is C18H17N3O3. The molecule has 2 aromatic heterocycles. The van der Waals surface area contributed by atoms with Crippen molar-refractivity contribution in [2.24, 2.45) is 5.92 Å². The van der Waals surface area contributed by atoms with Gasteiger partial charge in [0.1, 0.15) is 6.26 Å². The molecule has 6 nitrogen and oxygen atoms in total. The van der Waals surface area contributed by atoms with Crippen LogP contribution in [0.15, 0.2) is 57.9 Å². The number of benzene rings is 1. The summed E-state index contributed by atoms with van der Waals surface area (Å²) in [6, 6.07) is 11.4. The third-order valence-electron chi connectivity index (χ3n) is 4.30. The highest BCUT2D eigenvalue weighted by molar-refractivity contribution is 5.93. The number of carbonyl (C=O) groups is 1. The monoisotopic (exact) mass is 323 g/mol. The second-order valence-electron chi connectivity index (χ2n) is 6.00. The summed E-state index contributed by atoms with van der Waals surface area (Å²) in [6.45, 7) is 1.46. The van der Waals surface area contributed by atoms with E-state index in [1.807, 2.05) is 35.2 Å². The largest absolute Gasteiger partial charge is 0.472 e. The molecular weight excluding hydrogens is 306 g/mol. The molecule has 4 rings (SSSR count). The summed E-state index contributed by atoms with van der Waals surface area (Å²) in [5, 5.41) is 4.07. The van der Waals surface area contributed by atoms with Crippen molar-refractivity contribution in [1.29, 1.82) is 0 Å². The Labute approximate surface area is 139 Å². The fourth-order valence-corrected chi connectivity index (χ4v) is 3.05. The van der Waals surface area contributed by atoms with Crippen molar-refractivity contribution in [3.63, 3.8) is 0 Å². The molecule has 1 unspecified atom stereocenters. The maximum Gasteiger partial charge on any atom is 0.257 e. The first-order chi connectivity index (χ1) is 11.8. The van der Waals surface area contributed by atoms with Crippen molar-refractivity contribution < 1.29 is 13.7 Å². The quantitative estimate of drug-likeness (QED) is 0.738. The van der Waals surface area contributed by atoms with E-state index in [9.17, 15) is 4.79 Å². The number of hydrogen-bond acceptors (Lipinski definition) is 5. The molecule has 3 heterocycles. The molecule has 1 atom stereocenters. The summed E-state index contributed by atoms with van der Waals surface area (Å²) in [6.07, 6.45) is 4.66. The van der Waals surface area contributed by atoms with E-state index in [0.717, 1.165) is 18.5 Å². The van der Waals surface area contributed by atoms with Crippen LogP contribution in [0.2, 0.25) is 0 Å². The van der Waals surface area contributed by atoms with E-state index in [-0.39, 0.29) is 5.91 Å². The van der Waals surface area contributed by atoms with Crippen LogP contribution in [0.25, 0.3) is 11.5 Å². The van der Waals surface area contributed by atoms with Gasteiger partial charge in [0.05, 0.1) is 11.8 Å². The highest BCUT2D eigenvalue weighted by atomic mass is 16.5. The number of nitrogens with zero attached hydrogens (tertiary/aromatic N) is 3. The van der Waals surface area contributed by atoms with E-state index in [4.69, 9.17) is 8.94 Å². The van der Waals surface area contributed by atoms with Crippen LogP contribution < -0.4 is 0 Å². The van der Waals surface area contributed by atoms with Crippen LogP contribution in [0, 0.1) is 5.92 Å². The van der Waals surface area contributed by atoms with Gasteiger partial charge in [0, 0.05) is 25.1 Å². The molecule has 1 aromatic carbocycles. The van der Waals surface area contributed by atoms with Crippen molar-refractivity contribution in [3.05, 3.63) is 60.3 Å². The van der Waals surface area contributed by atoms with Gasteiger partial charge in [0.25, 0.3) is 11.8 Å². The highest BCUT2D eigenvalue weighted by Gasteiger charge is 2.28. The molecule has 0 saturated carbocycles. The predicted molar refractivity (Wildman–Crippen MR) is 86.2 cm³/mol. The lowest BCUT2D eigenvalue weighted by Crippen LogP contribution is -2.28. The molecule has 1 fully saturated rings. The van der Waals surface area contributed by atoms with Gasteiger partial charge in [0.2, 0.25) is 0 Å². The van der Waals surface area contributed by atoms with Crippen LogP contribution in [0.5, 0.6) is 0 Å². The molecule has 0 spiro atoms. The van der Waals surface area contributed by atoms with E-state index in [1.54, 1.807) is 6.07 Å². The Kier molecular flexibility index (Phi) is 3.86. The van der Waals surface area contributed by atoms with Crippen molar-refractivity contribution in [2.45, 2.75) is 12.8 Å². The summed E-state index contributed by atoms with van der Waals surface area (Å²) in [5.74, 6) is 1.60. The fraction of sp³-hybridized carbons (Fsp3) is 0.278. The zero-order chi connectivity index (χ0) is 16.4. The van der Waals surface area contributed by atoms with Crippen LogP contribution in [-0.2, 0) is 6.42 Å². The van der Waals surface area contributed by atoms with E-state index in [2.05, 4.69) is 10.1 Å². The first kappa shape index (κ1) is 14.7. The molecule has 3 aromatic rings. The lowest BCUT2D eigenvalue weighted by molar-refractivity contribution is 0.0786. The zero-order valence-corrected chi connectivity index (χ0v) is 13.1. The van der Waals surface area contributed by atoms with Crippen molar-refractivity contribution in [2.75, 3.05) is 13.1 Å². The number of likely N-dealkylation sites (tertiary alicyclic amines) is 1. The lowest BCUT2D eigenvalue weighted by atomic mass is 10.0. The average Bonchev–Trinajstić information content (AvgIpc) is 3.37. The Balaban J connectivity index is 1.39. The maximum absolute atomic E-state index is 12.3. The molecule has 122 valence electrons. The number of furan rings is 1. The first-order valence-electron chi connectivity index (χ1n) is 7.99. The third kappa shape index (κ3) is 2.95. The van der Waals surface area contributed by atoms with Crippen molar-refractivity contribution in [3.8, 4) is 11.5 Å². The molecule has 0 aliphatic carbocycles. The zero-order valence-electron chi connectivity index (χ0n) is 13.1. The van der Waals surface area contributed by atoms with Crippen LogP contribution in [0.4, 0.5) is 0 Å². The van der Waals surface area contributed by atoms with E-state index >= 15 is 0 Å². The second kappa shape index (κ2) is 6.31. The van der Waals surface area contributed by atoms with Gasteiger partial charge in [-0.2, -0.15) is 4.98 Å². The SMILES string of the molecule is O=C(c1ccoc1)N1CCC(Cc2noc(-c3ccccc3)n2)C1.